The van der Waals surface area contributed by atoms with E-state index in [1.807, 2.05) is 152 Å². The van der Waals surface area contributed by atoms with Crippen LogP contribution in [0.25, 0.3) is 127 Å². The average molecular weight is 1190 g/mol. The molecule has 0 aliphatic heterocycles. The largest absolute Gasteiger partial charge is 0.497 e. The minimum atomic E-state index is 0.577. The molecule has 8 heterocycles. The predicted molar refractivity (Wildman–Crippen MR) is 339 cm³/mol. The van der Waals surface area contributed by atoms with Crippen molar-refractivity contribution in [2.75, 3.05) is 18.6 Å². The fraction of sp³-hybridized carbons (Fsp3) is 0.0149. The predicted octanol–water partition coefficient (Wildman–Crippen LogP) is 18.0. The third-order valence-electron chi connectivity index (χ3n) is 13.9. The number of hydrogen-bond donors (Lipinski definition) is 3. The first-order valence-electron chi connectivity index (χ1n) is 25.8. The Balaban J connectivity index is 0.000000104. The molecule has 0 saturated heterocycles. The molecule has 12 nitrogen and oxygen atoms in total. The molecule has 0 bridgehead atoms. The number of nitrogens with zero attached hydrogens (tertiary/aromatic N) is 5. The van der Waals surface area contributed by atoms with E-state index in [1.54, 1.807) is 25.4 Å². The van der Waals surface area contributed by atoms with Crippen molar-refractivity contribution < 1.29 is 18.0 Å². The third kappa shape index (κ3) is 9.78. The van der Waals surface area contributed by atoms with Gasteiger partial charge in [0.1, 0.15) is 55.9 Å². The molecule has 0 fully saturated rings. The zero-order valence-corrected chi connectivity index (χ0v) is 46.1. The Kier molecular flexibility index (Phi) is 13.5. The fourth-order valence-electron chi connectivity index (χ4n) is 10.1. The summed E-state index contributed by atoms with van der Waals surface area (Å²) in [6.07, 6.45) is 3.52. The van der Waals surface area contributed by atoms with Crippen LogP contribution in [-0.2, 0) is 0 Å². The molecular formula is C67H46ClIN8O4. The van der Waals surface area contributed by atoms with Gasteiger partial charge in [-0.25, -0.2) is 15.0 Å². The second-order valence-corrected chi connectivity index (χ2v) is 20.4. The lowest BCUT2D eigenvalue weighted by atomic mass is 10.1. The van der Waals surface area contributed by atoms with E-state index in [1.165, 1.54) is 0 Å². The minimum Gasteiger partial charge on any atom is -0.497 e. The molecule has 0 aliphatic rings. The number of aromatic amines is 1. The molecule has 5 N–H and O–H groups in total. The van der Waals surface area contributed by atoms with Crippen LogP contribution in [0.5, 0.6) is 5.75 Å². The van der Waals surface area contributed by atoms with Crippen LogP contribution in [0.2, 0.25) is 5.15 Å². The molecule has 0 radical (unpaired) electrons. The maximum Gasteiger partial charge on any atom is 0.146 e. The molecule has 9 aromatic carbocycles. The number of imidazole rings is 2. The summed E-state index contributed by atoms with van der Waals surface area (Å²) in [5, 5.41) is 9.51. The number of ether oxygens (including phenoxy) is 1. The van der Waals surface area contributed by atoms with Crippen LogP contribution in [0.4, 0.5) is 11.4 Å². The summed E-state index contributed by atoms with van der Waals surface area (Å²) in [6, 6.07) is 72.1. The minimum absolute atomic E-state index is 0.577. The number of nitrogen functional groups attached to an aromatic ring is 2. The van der Waals surface area contributed by atoms with E-state index in [0.717, 1.165) is 136 Å². The van der Waals surface area contributed by atoms with Gasteiger partial charge in [0, 0.05) is 67.1 Å². The van der Waals surface area contributed by atoms with Crippen molar-refractivity contribution in [2.45, 2.75) is 0 Å². The molecule has 0 atom stereocenters. The second kappa shape index (κ2) is 21.7. The normalized spacial score (nSPS) is 11.2. The highest BCUT2D eigenvalue weighted by Gasteiger charge is 2.18. The van der Waals surface area contributed by atoms with E-state index in [-0.39, 0.29) is 0 Å². The first kappa shape index (κ1) is 50.5. The number of H-pyrrole nitrogens is 1. The van der Waals surface area contributed by atoms with Gasteiger partial charge in [-0.2, -0.15) is 0 Å². The standard InChI is InChI=1S/C24H13N3O.C19H12N2O.C13H10O2.C6H8N2.C5H3ClIN/c1-4-10-21-14(6-1)15-12-16-17(13-22(15)28-21)24-26-18-7-2-3-8-19(18)27(24)20-9-5-11-25-23(16)20;1-4-8-17-13(5-1)14-10-9-12(11-18(14)22-17)19-20-15-6-2-3-7-16(15)21-19;1-14-9-6-7-11-10-4-2-3-5-12(10)15-13(11)8-9;7-5-3-1-2-4-6(5)8;6-5-4(7)2-1-3-8-5/h1-13H;1-11H,(H,20,21);2-8H,1H3;1-4H,7-8H2;1-3H. The van der Waals surface area contributed by atoms with Crippen LogP contribution in [0, 0.1) is 3.57 Å². The summed E-state index contributed by atoms with van der Waals surface area (Å²) >= 11 is 7.72. The number of fused-ring (bicyclic) bond motifs is 18. The van der Waals surface area contributed by atoms with Gasteiger partial charge in [-0.3, -0.25) is 9.38 Å². The summed E-state index contributed by atoms with van der Waals surface area (Å²) in [5.74, 6) is 1.69. The summed E-state index contributed by atoms with van der Waals surface area (Å²) < 4.78 is 26.2. The number of aromatic nitrogens is 6. The Morgan fingerprint density at radius 2 is 1.01 bits per heavy atom. The molecule has 14 heteroatoms. The zero-order chi connectivity index (χ0) is 55.0. The molecule has 0 unspecified atom stereocenters. The number of nitrogens with one attached hydrogen (secondary N) is 1. The highest BCUT2D eigenvalue weighted by atomic mass is 127. The van der Waals surface area contributed by atoms with E-state index in [2.05, 4.69) is 103 Å². The SMILES string of the molecule is COc1ccc2c(c1)oc1ccccc12.Clc1ncccc1I.Nc1ccccc1N.c1ccc2[nH]c(-c3ccc4c(c3)oc3ccccc34)nc2c1.c1ccc2c(c1)nc1c3cc4oc5ccccc5c4cc3c3ncccc3n21. The number of furan rings is 3. The van der Waals surface area contributed by atoms with E-state index in [0.29, 0.717) is 16.5 Å². The van der Waals surface area contributed by atoms with Crippen molar-refractivity contribution in [3.63, 3.8) is 0 Å². The number of benzene rings is 9. The Hall–Kier alpha value is -9.96. The van der Waals surface area contributed by atoms with Crippen molar-refractivity contribution in [2.24, 2.45) is 0 Å². The van der Waals surface area contributed by atoms with E-state index < -0.39 is 0 Å². The van der Waals surface area contributed by atoms with Gasteiger partial charge in [-0.05, 0) is 138 Å². The molecule has 0 aliphatic carbocycles. The average Bonchev–Trinajstić information content (AvgIpc) is 4.06. The molecule has 392 valence electrons. The Labute approximate surface area is 480 Å². The number of para-hydroxylation sites is 9. The summed E-state index contributed by atoms with van der Waals surface area (Å²) in [7, 11) is 1.66. The monoisotopic (exact) mass is 1190 g/mol. The van der Waals surface area contributed by atoms with Gasteiger partial charge in [-0.1, -0.05) is 109 Å². The highest BCUT2D eigenvalue weighted by Crippen LogP contribution is 2.38. The van der Waals surface area contributed by atoms with Gasteiger partial charge in [0.15, 0.2) is 0 Å². The lowest BCUT2D eigenvalue weighted by Crippen LogP contribution is -1.93. The van der Waals surface area contributed by atoms with Crippen LogP contribution in [-0.4, -0.2) is 36.4 Å². The van der Waals surface area contributed by atoms with E-state index in [4.69, 9.17) is 51.0 Å². The van der Waals surface area contributed by atoms with Crippen molar-refractivity contribution in [3.05, 3.63) is 240 Å². The Morgan fingerprint density at radius 1 is 0.469 bits per heavy atom. The van der Waals surface area contributed by atoms with Crippen molar-refractivity contribution in [3.8, 4) is 17.1 Å². The first-order valence-corrected chi connectivity index (χ1v) is 27.3. The maximum atomic E-state index is 6.14. The summed E-state index contributed by atoms with van der Waals surface area (Å²) in [5.41, 5.74) is 25.5. The zero-order valence-electron chi connectivity index (χ0n) is 43.2. The molecular weight excluding hydrogens is 1140 g/mol. The number of hydrogen-bond acceptors (Lipinski definition) is 10. The molecule has 8 aromatic heterocycles. The molecule has 81 heavy (non-hydrogen) atoms. The van der Waals surface area contributed by atoms with Crippen LogP contribution < -0.4 is 16.2 Å². The third-order valence-corrected chi connectivity index (χ3v) is 15.4. The number of methoxy groups -OCH3 is 1. The van der Waals surface area contributed by atoms with E-state index >= 15 is 0 Å². The van der Waals surface area contributed by atoms with E-state index in [9.17, 15) is 0 Å². The molecule has 17 rings (SSSR count). The summed E-state index contributed by atoms with van der Waals surface area (Å²) in [6.45, 7) is 0. The number of anilines is 2. The van der Waals surface area contributed by atoms with Gasteiger partial charge in [-0.15, -0.1) is 0 Å². The van der Waals surface area contributed by atoms with Crippen molar-refractivity contribution in [1.29, 1.82) is 0 Å². The Bertz CT molecular complexity index is 5040. The van der Waals surface area contributed by atoms with Gasteiger partial charge < -0.3 is 34.4 Å². The van der Waals surface area contributed by atoms with Crippen LogP contribution in [0.3, 0.4) is 0 Å². The number of nitrogens with two attached hydrogens (primary N) is 2. The number of pyridine rings is 3. The molecule has 0 amide bonds. The van der Waals surface area contributed by atoms with Gasteiger partial charge >= 0.3 is 0 Å². The van der Waals surface area contributed by atoms with Gasteiger partial charge in [0.2, 0.25) is 0 Å². The quantitative estimate of drug-likeness (QED) is 0.0654. The second-order valence-electron chi connectivity index (χ2n) is 18.9. The Morgan fingerprint density at radius 3 is 1.65 bits per heavy atom. The summed E-state index contributed by atoms with van der Waals surface area (Å²) in [4.78, 5) is 21.5. The topological polar surface area (TPSA) is 172 Å². The smallest absolute Gasteiger partial charge is 0.146 e. The van der Waals surface area contributed by atoms with Crippen LogP contribution in [0.15, 0.2) is 244 Å². The van der Waals surface area contributed by atoms with Crippen LogP contribution in [0.1, 0.15) is 0 Å². The van der Waals surface area contributed by atoms with Gasteiger partial charge in [0.25, 0.3) is 0 Å². The highest BCUT2D eigenvalue weighted by molar-refractivity contribution is 14.1. The van der Waals surface area contributed by atoms with Gasteiger partial charge in [0.05, 0.1) is 55.2 Å². The molecule has 17 aromatic rings. The van der Waals surface area contributed by atoms with Crippen molar-refractivity contribution in [1.82, 2.24) is 29.3 Å². The van der Waals surface area contributed by atoms with Crippen molar-refractivity contribution >= 4 is 161 Å². The van der Waals surface area contributed by atoms with Crippen LogP contribution >= 0.6 is 34.2 Å². The fourth-order valence-corrected chi connectivity index (χ4v) is 10.5. The lowest BCUT2D eigenvalue weighted by molar-refractivity contribution is 0.414. The maximum absolute atomic E-state index is 6.14. The molecule has 0 saturated carbocycles. The lowest BCUT2D eigenvalue weighted by Gasteiger charge is -2.08. The molecule has 0 spiro atoms. The number of halogens is 2. The number of rotatable bonds is 2. The first-order chi connectivity index (χ1) is 39.8.